The van der Waals surface area contributed by atoms with Crippen LogP contribution in [0.2, 0.25) is 0 Å². The van der Waals surface area contributed by atoms with Crippen LogP contribution in [0.5, 0.6) is 5.75 Å². The number of amides is 1. The summed E-state index contributed by atoms with van der Waals surface area (Å²) in [6, 6.07) is 5.29. The number of rotatable bonds is 5. The van der Waals surface area contributed by atoms with Crippen LogP contribution in [-0.2, 0) is 4.79 Å². The van der Waals surface area contributed by atoms with Crippen molar-refractivity contribution in [2.75, 3.05) is 18.2 Å². The van der Waals surface area contributed by atoms with Crippen LogP contribution in [-0.4, -0.2) is 13.0 Å². The lowest BCUT2D eigenvalue weighted by molar-refractivity contribution is -0.119. The zero-order chi connectivity index (χ0) is 14.5. The summed E-state index contributed by atoms with van der Waals surface area (Å²) in [5.41, 5.74) is 7.08. The molecule has 0 bridgehead atoms. The first-order chi connectivity index (χ1) is 9.60. The lowest BCUT2D eigenvalue weighted by atomic mass is 9.94. The summed E-state index contributed by atoms with van der Waals surface area (Å²) in [5, 5.41) is 2.91. The van der Waals surface area contributed by atoms with Crippen LogP contribution in [0.1, 0.15) is 39.0 Å². The van der Waals surface area contributed by atoms with E-state index in [-0.39, 0.29) is 11.8 Å². The van der Waals surface area contributed by atoms with Gasteiger partial charge in [-0.1, -0.05) is 32.6 Å². The lowest BCUT2D eigenvalue weighted by Gasteiger charge is -2.17. The number of benzene rings is 1. The van der Waals surface area contributed by atoms with Crippen molar-refractivity contribution in [2.24, 2.45) is 11.8 Å². The Balaban J connectivity index is 1.95. The summed E-state index contributed by atoms with van der Waals surface area (Å²) in [5.74, 6) is 1.46. The van der Waals surface area contributed by atoms with E-state index in [4.69, 9.17) is 10.5 Å². The van der Waals surface area contributed by atoms with Gasteiger partial charge in [0.1, 0.15) is 5.75 Å². The van der Waals surface area contributed by atoms with Crippen LogP contribution in [0.25, 0.3) is 0 Å². The average molecular weight is 276 g/mol. The van der Waals surface area contributed by atoms with Gasteiger partial charge in [0.05, 0.1) is 18.5 Å². The van der Waals surface area contributed by atoms with E-state index < -0.39 is 0 Å². The van der Waals surface area contributed by atoms with Crippen molar-refractivity contribution in [2.45, 2.75) is 39.0 Å². The van der Waals surface area contributed by atoms with E-state index in [1.54, 1.807) is 25.3 Å². The molecule has 1 atom stereocenters. The number of carbonyl (C=O) groups excluding carboxylic acids is 1. The molecule has 0 aliphatic heterocycles. The number of hydrogen-bond donors (Lipinski definition) is 2. The van der Waals surface area contributed by atoms with Gasteiger partial charge in [0.15, 0.2) is 0 Å². The molecule has 0 radical (unpaired) electrons. The van der Waals surface area contributed by atoms with Gasteiger partial charge in [-0.25, -0.2) is 0 Å². The summed E-state index contributed by atoms with van der Waals surface area (Å²) in [6.07, 6.45) is 6.11. The summed E-state index contributed by atoms with van der Waals surface area (Å²) >= 11 is 0. The van der Waals surface area contributed by atoms with Crippen molar-refractivity contribution in [1.29, 1.82) is 0 Å². The van der Waals surface area contributed by atoms with E-state index in [1.807, 2.05) is 6.92 Å². The zero-order valence-corrected chi connectivity index (χ0v) is 12.3. The fraction of sp³-hybridized carbons (Fsp3) is 0.562. The van der Waals surface area contributed by atoms with Crippen LogP contribution in [0.3, 0.4) is 0 Å². The van der Waals surface area contributed by atoms with Gasteiger partial charge >= 0.3 is 0 Å². The Morgan fingerprint density at radius 2 is 2.15 bits per heavy atom. The first-order valence-electron chi connectivity index (χ1n) is 7.34. The van der Waals surface area contributed by atoms with Crippen molar-refractivity contribution in [1.82, 2.24) is 0 Å². The number of carbonyl (C=O) groups is 1. The topological polar surface area (TPSA) is 64.3 Å². The molecule has 4 nitrogen and oxygen atoms in total. The van der Waals surface area contributed by atoms with E-state index in [0.717, 1.165) is 6.42 Å². The van der Waals surface area contributed by atoms with Gasteiger partial charge in [0, 0.05) is 12.0 Å². The molecule has 0 heterocycles. The van der Waals surface area contributed by atoms with Crippen molar-refractivity contribution in [3.63, 3.8) is 0 Å². The second-order valence-corrected chi connectivity index (χ2v) is 5.73. The molecule has 0 aromatic heterocycles. The zero-order valence-electron chi connectivity index (χ0n) is 12.3. The Kier molecular flexibility index (Phi) is 4.88. The van der Waals surface area contributed by atoms with Crippen molar-refractivity contribution in [3.05, 3.63) is 18.2 Å². The predicted octanol–water partition coefficient (Wildman–Crippen LogP) is 3.43. The second kappa shape index (κ2) is 6.64. The number of nitrogens with one attached hydrogen (secondary N) is 1. The third kappa shape index (κ3) is 3.65. The highest BCUT2D eigenvalue weighted by Crippen LogP contribution is 2.31. The molecule has 1 aliphatic rings. The Bertz CT molecular complexity index is 468. The number of nitrogen functional groups attached to an aromatic ring is 1. The first-order valence-corrected chi connectivity index (χ1v) is 7.34. The van der Waals surface area contributed by atoms with Crippen molar-refractivity contribution < 1.29 is 9.53 Å². The standard InChI is InChI=1S/C16H24N2O2/c1-11(9-12-5-3-4-6-12)16(19)18-15-10-13(20-2)7-8-14(15)17/h7-8,10-12H,3-6,9,17H2,1-2H3,(H,18,19). The molecule has 2 rings (SSSR count). The van der Waals surface area contributed by atoms with Crippen LogP contribution in [0, 0.1) is 11.8 Å². The maximum absolute atomic E-state index is 12.2. The molecule has 110 valence electrons. The number of hydrogen-bond acceptors (Lipinski definition) is 3. The minimum atomic E-state index is 0.0173. The number of methoxy groups -OCH3 is 1. The minimum Gasteiger partial charge on any atom is -0.497 e. The van der Waals surface area contributed by atoms with E-state index in [1.165, 1.54) is 25.7 Å². The van der Waals surface area contributed by atoms with E-state index >= 15 is 0 Å². The molecule has 0 saturated heterocycles. The maximum atomic E-state index is 12.2. The van der Waals surface area contributed by atoms with Gasteiger partial charge in [-0.05, 0) is 24.5 Å². The molecular weight excluding hydrogens is 252 g/mol. The summed E-state index contributed by atoms with van der Waals surface area (Å²) in [4.78, 5) is 12.2. The van der Waals surface area contributed by atoms with Gasteiger partial charge in [0.2, 0.25) is 5.91 Å². The highest BCUT2D eigenvalue weighted by molar-refractivity contribution is 5.95. The van der Waals surface area contributed by atoms with Gasteiger partial charge in [-0.15, -0.1) is 0 Å². The summed E-state index contributed by atoms with van der Waals surface area (Å²) in [7, 11) is 1.60. The fourth-order valence-electron chi connectivity index (χ4n) is 2.88. The molecule has 1 fully saturated rings. The smallest absolute Gasteiger partial charge is 0.227 e. The van der Waals surface area contributed by atoms with Gasteiger partial charge < -0.3 is 15.8 Å². The monoisotopic (exact) mass is 276 g/mol. The van der Waals surface area contributed by atoms with Gasteiger partial charge in [-0.3, -0.25) is 4.79 Å². The molecule has 20 heavy (non-hydrogen) atoms. The Morgan fingerprint density at radius 1 is 1.45 bits per heavy atom. The van der Waals surface area contributed by atoms with Crippen molar-refractivity contribution >= 4 is 17.3 Å². The Labute approximate surface area is 120 Å². The van der Waals surface area contributed by atoms with Crippen LogP contribution in [0.15, 0.2) is 18.2 Å². The maximum Gasteiger partial charge on any atom is 0.227 e. The van der Waals surface area contributed by atoms with E-state index in [2.05, 4.69) is 5.32 Å². The predicted molar refractivity (Wildman–Crippen MR) is 81.8 cm³/mol. The van der Waals surface area contributed by atoms with Crippen LogP contribution < -0.4 is 15.8 Å². The third-order valence-corrected chi connectivity index (χ3v) is 4.13. The molecule has 1 unspecified atom stereocenters. The molecule has 4 heteroatoms. The third-order valence-electron chi connectivity index (χ3n) is 4.13. The second-order valence-electron chi connectivity index (χ2n) is 5.73. The highest BCUT2D eigenvalue weighted by Gasteiger charge is 2.22. The fourth-order valence-corrected chi connectivity index (χ4v) is 2.88. The van der Waals surface area contributed by atoms with Gasteiger partial charge in [0.25, 0.3) is 0 Å². The van der Waals surface area contributed by atoms with Gasteiger partial charge in [-0.2, -0.15) is 0 Å². The van der Waals surface area contributed by atoms with Crippen LogP contribution in [0.4, 0.5) is 11.4 Å². The van der Waals surface area contributed by atoms with Crippen molar-refractivity contribution in [3.8, 4) is 5.75 Å². The van der Waals surface area contributed by atoms with E-state index in [9.17, 15) is 4.79 Å². The average Bonchev–Trinajstić information content (AvgIpc) is 2.94. The molecule has 3 N–H and O–H groups in total. The number of anilines is 2. The minimum absolute atomic E-state index is 0.0173. The molecule has 0 spiro atoms. The molecule has 1 aromatic carbocycles. The first kappa shape index (κ1) is 14.7. The normalized spacial score (nSPS) is 16.9. The van der Waals surface area contributed by atoms with E-state index in [0.29, 0.717) is 23.0 Å². The number of nitrogens with two attached hydrogens (primary N) is 1. The molecular formula is C16H24N2O2. The summed E-state index contributed by atoms with van der Waals surface area (Å²) < 4.78 is 5.15. The summed E-state index contributed by atoms with van der Waals surface area (Å²) in [6.45, 7) is 1.99. The Morgan fingerprint density at radius 3 is 2.80 bits per heavy atom. The molecule has 1 aliphatic carbocycles. The molecule has 1 amide bonds. The highest BCUT2D eigenvalue weighted by atomic mass is 16.5. The lowest BCUT2D eigenvalue weighted by Crippen LogP contribution is -2.22. The quantitative estimate of drug-likeness (QED) is 0.810. The number of ether oxygens (including phenoxy) is 1. The largest absolute Gasteiger partial charge is 0.497 e. The van der Waals surface area contributed by atoms with Crippen LogP contribution >= 0.6 is 0 Å². The molecule has 1 saturated carbocycles. The molecule has 1 aromatic rings. The Hall–Kier alpha value is -1.71. The SMILES string of the molecule is COc1ccc(N)c(NC(=O)C(C)CC2CCCC2)c1.